The van der Waals surface area contributed by atoms with Crippen LogP contribution >= 0.6 is 0 Å². The van der Waals surface area contributed by atoms with Gasteiger partial charge in [0.15, 0.2) is 0 Å². The summed E-state index contributed by atoms with van der Waals surface area (Å²) in [6, 6.07) is 7.76. The van der Waals surface area contributed by atoms with E-state index in [0.717, 1.165) is 25.7 Å². The summed E-state index contributed by atoms with van der Waals surface area (Å²) < 4.78 is 53.9. The molecule has 0 bridgehead atoms. The molecule has 2 heterocycles. The molecular weight excluding hydrogens is 706 g/mol. The van der Waals surface area contributed by atoms with Gasteiger partial charge in [-0.15, -0.1) is 6.58 Å². The molecule has 4 fully saturated rings. The Morgan fingerprint density at radius 2 is 1.74 bits per heavy atom. The highest BCUT2D eigenvalue weighted by Gasteiger charge is 2.62. The average Bonchev–Trinajstić information content (AvgIpc) is 4.00. The van der Waals surface area contributed by atoms with Crippen molar-refractivity contribution in [3.63, 3.8) is 0 Å². The number of carbonyl (C=O) groups excluding carboxylic acids is 4. The predicted molar refractivity (Wildman–Crippen MR) is 193 cm³/mol. The van der Waals surface area contributed by atoms with Gasteiger partial charge in [0, 0.05) is 31.2 Å². The number of carbonyl (C=O) groups is 4. The van der Waals surface area contributed by atoms with Crippen molar-refractivity contribution in [3.8, 4) is 11.1 Å². The lowest BCUT2D eigenvalue weighted by Crippen LogP contribution is -2.60. The van der Waals surface area contributed by atoms with Crippen LogP contribution in [-0.2, 0) is 39.5 Å². The van der Waals surface area contributed by atoms with Crippen molar-refractivity contribution >= 4 is 33.8 Å². The summed E-state index contributed by atoms with van der Waals surface area (Å²) in [5.41, 5.74) is -2.22. The molecule has 4 amide bonds. The van der Waals surface area contributed by atoms with Gasteiger partial charge in [0.05, 0.1) is 11.8 Å². The standard InChI is InChI=1S/C38H48FN5O8S/c1-6-24-20-38(24,34(47)43-53(49,50)27-17-18-27)42-32(45)29-21-37(51-5,25-15-13-23(14-16-25)28-12-9-19-40-31(28)39)22-44(29)33(46)30(36(2,3)4)41-35(48)52-26-10-7-8-11-26/h6,9,12-16,19,24,26-27,29-30H,1,7-8,10-11,17-18,20-22H2,2-5H3,(H,41,48)(H,42,45)(H,43,47)/t24-,29+,30-,37+,38-/m1/s1. The molecule has 0 spiro atoms. The first kappa shape index (κ1) is 38.4. The van der Waals surface area contributed by atoms with Gasteiger partial charge in [0.2, 0.25) is 27.8 Å². The van der Waals surface area contributed by atoms with Gasteiger partial charge in [-0.25, -0.2) is 18.2 Å². The van der Waals surface area contributed by atoms with Gasteiger partial charge < -0.3 is 25.0 Å². The molecule has 4 aliphatic rings. The number of nitrogens with zero attached hydrogens (tertiary/aromatic N) is 2. The lowest BCUT2D eigenvalue weighted by Gasteiger charge is -2.36. The third-order valence-electron chi connectivity index (χ3n) is 11.0. The third kappa shape index (κ3) is 7.82. The number of rotatable bonds is 12. The van der Waals surface area contributed by atoms with Gasteiger partial charge in [-0.05, 0) is 73.6 Å². The molecule has 15 heteroatoms. The van der Waals surface area contributed by atoms with E-state index in [1.165, 1.54) is 24.3 Å². The Labute approximate surface area is 309 Å². The van der Waals surface area contributed by atoms with Crippen molar-refractivity contribution in [2.45, 2.75) is 107 Å². The first-order valence-electron chi connectivity index (χ1n) is 18.1. The second kappa shape index (κ2) is 14.5. The van der Waals surface area contributed by atoms with Gasteiger partial charge in [0.1, 0.15) is 29.3 Å². The van der Waals surface area contributed by atoms with E-state index in [1.54, 1.807) is 57.2 Å². The molecule has 1 aromatic carbocycles. The molecule has 5 atom stereocenters. The van der Waals surface area contributed by atoms with Gasteiger partial charge >= 0.3 is 6.09 Å². The number of benzene rings is 1. The SMILES string of the molecule is C=C[C@@H]1C[C@]1(NC(=O)[C@@H]1C[C@@](OC)(c2ccc(-c3cccnc3F)cc2)CN1C(=O)[C@@H](NC(=O)OC1CCCC1)C(C)(C)C)C(=O)NS(=O)(=O)C1CC1. The molecule has 1 aromatic heterocycles. The van der Waals surface area contributed by atoms with Crippen LogP contribution in [0.15, 0.2) is 55.3 Å². The first-order chi connectivity index (χ1) is 25.0. The zero-order chi connectivity index (χ0) is 38.3. The number of halogens is 1. The molecule has 0 unspecified atom stereocenters. The number of nitrogens with one attached hydrogen (secondary N) is 3. The largest absolute Gasteiger partial charge is 0.446 e. The molecule has 6 rings (SSSR count). The number of amides is 4. The molecular formula is C38H48FN5O8S. The van der Waals surface area contributed by atoms with E-state index in [9.17, 15) is 32.0 Å². The van der Waals surface area contributed by atoms with E-state index in [1.807, 2.05) is 0 Å². The molecule has 3 N–H and O–H groups in total. The maximum Gasteiger partial charge on any atom is 0.408 e. The Bertz CT molecular complexity index is 1870. The Morgan fingerprint density at radius 3 is 2.30 bits per heavy atom. The maximum atomic E-state index is 14.7. The van der Waals surface area contributed by atoms with E-state index in [0.29, 0.717) is 29.5 Å². The summed E-state index contributed by atoms with van der Waals surface area (Å²) in [7, 11) is -2.46. The number of hydrogen-bond donors (Lipinski definition) is 3. The van der Waals surface area contributed by atoms with Crippen molar-refractivity contribution < 1.29 is 41.5 Å². The summed E-state index contributed by atoms with van der Waals surface area (Å²) in [4.78, 5) is 60.9. The van der Waals surface area contributed by atoms with Crippen LogP contribution in [0.1, 0.15) is 77.7 Å². The Hall–Kier alpha value is -4.37. The number of hydrogen-bond acceptors (Lipinski definition) is 9. The smallest absolute Gasteiger partial charge is 0.408 e. The third-order valence-corrected chi connectivity index (χ3v) is 12.8. The summed E-state index contributed by atoms with van der Waals surface area (Å²) >= 11 is 0. The summed E-state index contributed by atoms with van der Waals surface area (Å²) in [5, 5.41) is 4.90. The van der Waals surface area contributed by atoms with Crippen LogP contribution in [-0.4, -0.2) is 84.7 Å². The molecule has 2 aromatic rings. The fourth-order valence-corrected chi connectivity index (χ4v) is 8.87. The Kier molecular flexibility index (Phi) is 10.5. The monoisotopic (exact) mass is 753 g/mol. The van der Waals surface area contributed by atoms with Crippen molar-refractivity contribution in [2.24, 2.45) is 11.3 Å². The van der Waals surface area contributed by atoms with E-state index in [-0.39, 0.29) is 25.5 Å². The van der Waals surface area contributed by atoms with Crippen LogP contribution in [0.3, 0.4) is 0 Å². The van der Waals surface area contributed by atoms with E-state index >= 15 is 0 Å². The number of sulfonamides is 1. The Balaban J connectivity index is 1.32. The van der Waals surface area contributed by atoms with Crippen LogP contribution in [0.5, 0.6) is 0 Å². The summed E-state index contributed by atoms with van der Waals surface area (Å²) in [6.07, 6.45) is 6.18. The van der Waals surface area contributed by atoms with Crippen LogP contribution < -0.4 is 15.4 Å². The van der Waals surface area contributed by atoms with Crippen molar-refractivity contribution in [1.29, 1.82) is 0 Å². The minimum atomic E-state index is -3.92. The van der Waals surface area contributed by atoms with Crippen LogP contribution in [0.25, 0.3) is 11.1 Å². The van der Waals surface area contributed by atoms with Crippen LogP contribution in [0.2, 0.25) is 0 Å². The molecule has 0 radical (unpaired) electrons. The number of pyridine rings is 1. The number of likely N-dealkylation sites (tertiary alicyclic amines) is 1. The number of alkyl carbamates (subject to hydrolysis) is 1. The average molecular weight is 754 g/mol. The van der Waals surface area contributed by atoms with E-state index < -0.39 is 79.6 Å². The number of aromatic nitrogens is 1. The van der Waals surface area contributed by atoms with E-state index in [4.69, 9.17) is 9.47 Å². The highest BCUT2D eigenvalue weighted by Crippen LogP contribution is 2.47. The van der Waals surface area contributed by atoms with Gasteiger partial charge in [-0.2, -0.15) is 4.39 Å². The zero-order valence-electron chi connectivity index (χ0n) is 30.5. The minimum absolute atomic E-state index is 0.0537. The molecule has 1 aliphatic heterocycles. The normalized spacial score (nSPS) is 26.4. The number of methoxy groups -OCH3 is 1. The maximum absolute atomic E-state index is 14.7. The zero-order valence-corrected chi connectivity index (χ0v) is 31.3. The molecule has 53 heavy (non-hydrogen) atoms. The minimum Gasteiger partial charge on any atom is -0.446 e. The van der Waals surface area contributed by atoms with Gasteiger partial charge in [0.25, 0.3) is 5.91 Å². The highest BCUT2D eigenvalue weighted by molar-refractivity contribution is 7.91. The fourth-order valence-electron chi connectivity index (χ4n) is 7.51. The highest BCUT2D eigenvalue weighted by atomic mass is 32.2. The molecule has 13 nitrogen and oxygen atoms in total. The Morgan fingerprint density at radius 1 is 1.06 bits per heavy atom. The van der Waals surface area contributed by atoms with Crippen molar-refractivity contribution in [2.75, 3.05) is 13.7 Å². The predicted octanol–water partition coefficient (Wildman–Crippen LogP) is 4.08. The van der Waals surface area contributed by atoms with Crippen LogP contribution in [0.4, 0.5) is 9.18 Å². The van der Waals surface area contributed by atoms with Gasteiger partial charge in [-0.1, -0.05) is 51.1 Å². The second-order valence-corrected chi connectivity index (χ2v) is 17.7. The summed E-state index contributed by atoms with van der Waals surface area (Å²) in [6.45, 7) is 9.01. The fraction of sp³-hybridized carbons (Fsp3) is 0.553. The van der Waals surface area contributed by atoms with Crippen LogP contribution in [0, 0.1) is 17.3 Å². The molecule has 1 saturated heterocycles. The summed E-state index contributed by atoms with van der Waals surface area (Å²) in [5.74, 6) is -3.31. The van der Waals surface area contributed by atoms with Crippen molar-refractivity contribution in [3.05, 3.63) is 66.8 Å². The lowest BCUT2D eigenvalue weighted by atomic mass is 9.85. The number of ether oxygens (including phenoxy) is 2. The topological polar surface area (TPSA) is 173 Å². The van der Waals surface area contributed by atoms with E-state index in [2.05, 4.69) is 26.9 Å². The second-order valence-electron chi connectivity index (χ2n) is 15.7. The quantitative estimate of drug-likeness (QED) is 0.213. The lowest BCUT2D eigenvalue weighted by molar-refractivity contribution is -0.143. The van der Waals surface area contributed by atoms with Crippen molar-refractivity contribution in [1.82, 2.24) is 25.2 Å². The molecule has 3 aliphatic carbocycles. The molecule has 3 saturated carbocycles. The molecule has 286 valence electrons. The first-order valence-corrected chi connectivity index (χ1v) is 19.6. The van der Waals surface area contributed by atoms with Gasteiger partial charge in [-0.3, -0.25) is 19.1 Å².